The molecule has 0 aliphatic carbocycles. The van der Waals surface area contributed by atoms with Crippen molar-refractivity contribution < 1.29 is 60.5 Å². The van der Waals surface area contributed by atoms with Crippen molar-refractivity contribution in [3.63, 3.8) is 0 Å². The van der Waals surface area contributed by atoms with E-state index < -0.39 is 54.8 Å². The first-order chi connectivity index (χ1) is 14.7. The van der Waals surface area contributed by atoms with Gasteiger partial charge in [-0.1, -0.05) is 17.7 Å². The van der Waals surface area contributed by atoms with E-state index in [9.17, 15) is 39.3 Å². The highest BCUT2D eigenvalue weighted by Gasteiger charge is 2.32. The van der Waals surface area contributed by atoms with E-state index in [0.29, 0.717) is 7.14 Å². The van der Waals surface area contributed by atoms with Crippen LogP contribution in [0.1, 0.15) is 16.7 Å². The summed E-state index contributed by atoms with van der Waals surface area (Å²) in [6.07, 6.45) is -8.77. The Bertz CT molecular complexity index is 1070. The predicted octanol–water partition coefficient (Wildman–Crippen LogP) is 2.75. The highest BCUT2D eigenvalue weighted by molar-refractivity contribution is 7.85. The van der Waals surface area contributed by atoms with E-state index in [1.165, 1.54) is 36.4 Å². The minimum absolute atomic E-state index is 0.178. The monoisotopic (exact) mass is 588 g/mol. The fourth-order valence-corrected chi connectivity index (χ4v) is 4.86. The van der Waals surface area contributed by atoms with E-state index in [2.05, 4.69) is 0 Å². The molecule has 0 spiro atoms. The lowest BCUT2D eigenvalue weighted by atomic mass is 10.2. The molecular formula is C21H15F6IO3S. The molecule has 172 valence electrons. The fraction of sp³-hybridized carbons (Fsp3) is 0.143. The molecule has 0 aromatic heterocycles. The summed E-state index contributed by atoms with van der Waals surface area (Å²) >= 11 is -0.805. The lowest BCUT2D eigenvalue weighted by molar-refractivity contribution is -0.597. The van der Waals surface area contributed by atoms with Gasteiger partial charge >= 0.3 is 33.6 Å². The Morgan fingerprint density at radius 1 is 0.656 bits per heavy atom. The maximum atomic E-state index is 12.4. The molecular weight excluding hydrogens is 573 g/mol. The van der Waals surface area contributed by atoms with E-state index in [4.69, 9.17) is 0 Å². The van der Waals surface area contributed by atoms with Crippen LogP contribution in [0.5, 0.6) is 0 Å². The molecule has 0 bridgehead atoms. The number of alkyl halides is 6. The largest absolute Gasteiger partial charge is 0.744 e. The molecule has 0 N–H and O–H groups in total. The summed E-state index contributed by atoms with van der Waals surface area (Å²) in [6, 6.07) is 15.2. The molecule has 0 aliphatic heterocycles. The van der Waals surface area contributed by atoms with E-state index in [1.54, 1.807) is 12.1 Å². The second-order valence-electron chi connectivity index (χ2n) is 6.37. The van der Waals surface area contributed by atoms with Gasteiger partial charge < -0.3 is 4.55 Å². The number of aryl methyl sites for hydroxylation is 1. The molecule has 32 heavy (non-hydrogen) atoms. The maximum Gasteiger partial charge on any atom is 0.416 e. The van der Waals surface area contributed by atoms with Crippen molar-refractivity contribution in [2.24, 2.45) is 0 Å². The first kappa shape index (κ1) is 26.1. The Kier molecular flexibility index (Phi) is 8.34. The zero-order chi connectivity index (χ0) is 24.2. The average Bonchev–Trinajstić information content (AvgIpc) is 2.67. The van der Waals surface area contributed by atoms with Crippen molar-refractivity contribution >= 4 is 10.1 Å². The van der Waals surface area contributed by atoms with Crippen molar-refractivity contribution in [3.8, 4) is 0 Å². The smallest absolute Gasteiger partial charge is 0.416 e. The Morgan fingerprint density at radius 2 is 1.00 bits per heavy atom. The van der Waals surface area contributed by atoms with Crippen LogP contribution < -0.4 is 21.2 Å². The summed E-state index contributed by atoms with van der Waals surface area (Å²) in [6.45, 7) is 1.82. The fourth-order valence-electron chi connectivity index (χ4n) is 2.23. The number of rotatable bonds is 3. The average molecular weight is 588 g/mol. The van der Waals surface area contributed by atoms with Gasteiger partial charge in [-0.2, -0.15) is 26.3 Å². The molecule has 3 aromatic rings. The van der Waals surface area contributed by atoms with Gasteiger partial charge in [0.05, 0.1) is 16.0 Å². The van der Waals surface area contributed by atoms with Crippen molar-refractivity contribution in [1.29, 1.82) is 0 Å². The third-order valence-electron chi connectivity index (χ3n) is 3.87. The van der Waals surface area contributed by atoms with Gasteiger partial charge in [0, 0.05) is 0 Å². The second-order valence-corrected chi connectivity index (χ2v) is 10.8. The van der Waals surface area contributed by atoms with E-state index in [0.717, 1.165) is 29.8 Å². The maximum absolute atomic E-state index is 12.4. The minimum atomic E-state index is -4.38. The standard InChI is InChI=1S/C14H8F6I.C7H8O3S/c15-13(16,17)9-1-5-11(6-2-9)21-12-7-3-10(4-8-12)14(18,19)20;1-6-2-4-7(5-3-6)11(8,9)10/h1-8H;2-5H,1H3,(H,8,9,10)/q+1;/p-1. The van der Waals surface area contributed by atoms with Crippen molar-refractivity contribution in [1.82, 2.24) is 0 Å². The lowest BCUT2D eigenvalue weighted by Gasteiger charge is -2.05. The molecule has 0 unspecified atom stereocenters. The molecule has 0 amide bonds. The van der Waals surface area contributed by atoms with Crippen LogP contribution in [0, 0.1) is 14.1 Å². The predicted molar refractivity (Wildman–Crippen MR) is 99.4 cm³/mol. The van der Waals surface area contributed by atoms with E-state index in [-0.39, 0.29) is 4.90 Å². The van der Waals surface area contributed by atoms with Crippen LogP contribution in [0.2, 0.25) is 0 Å². The first-order valence-corrected chi connectivity index (χ1v) is 12.2. The van der Waals surface area contributed by atoms with Gasteiger partial charge in [0.25, 0.3) is 0 Å². The van der Waals surface area contributed by atoms with Crippen molar-refractivity contribution in [2.45, 2.75) is 24.2 Å². The number of halogens is 7. The Morgan fingerprint density at radius 3 is 1.28 bits per heavy atom. The van der Waals surface area contributed by atoms with Crippen LogP contribution >= 0.6 is 0 Å². The summed E-state index contributed by atoms with van der Waals surface area (Å²) < 4.78 is 107. The topological polar surface area (TPSA) is 57.2 Å². The third-order valence-corrected chi connectivity index (χ3v) is 7.40. The highest BCUT2D eigenvalue weighted by atomic mass is 127. The van der Waals surface area contributed by atoms with E-state index in [1.807, 2.05) is 6.92 Å². The molecule has 3 rings (SSSR count). The summed E-state index contributed by atoms with van der Waals surface area (Å²) in [4.78, 5) is -0.178. The van der Waals surface area contributed by atoms with Crippen LogP contribution in [-0.2, 0) is 22.5 Å². The molecule has 0 fully saturated rings. The lowest BCUT2D eigenvalue weighted by Crippen LogP contribution is -3.61. The Hall–Kier alpha value is -2.12. The molecule has 0 radical (unpaired) electrons. The zero-order valence-corrected chi connectivity index (χ0v) is 19.2. The highest BCUT2D eigenvalue weighted by Crippen LogP contribution is 2.29. The molecule has 0 saturated carbocycles. The van der Waals surface area contributed by atoms with E-state index >= 15 is 0 Å². The van der Waals surface area contributed by atoms with Gasteiger partial charge in [-0.3, -0.25) is 0 Å². The molecule has 3 aromatic carbocycles. The van der Waals surface area contributed by atoms with Crippen LogP contribution in [0.4, 0.5) is 26.3 Å². The molecule has 0 atom stereocenters. The molecule has 11 heteroatoms. The number of hydrogen-bond donors (Lipinski definition) is 0. The molecule has 3 nitrogen and oxygen atoms in total. The van der Waals surface area contributed by atoms with Gasteiger partial charge in [-0.15, -0.1) is 0 Å². The van der Waals surface area contributed by atoms with Crippen LogP contribution in [0.15, 0.2) is 77.7 Å². The quantitative estimate of drug-likeness (QED) is 0.269. The van der Waals surface area contributed by atoms with Gasteiger partial charge in [-0.25, -0.2) is 8.42 Å². The molecule has 0 aliphatic rings. The SMILES string of the molecule is Cc1ccc(S(=O)(=O)[O-])cc1.FC(F)(F)c1ccc([I+]c2ccc(C(F)(F)F)cc2)cc1. The normalized spacial score (nSPS) is 12.1. The van der Waals surface area contributed by atoms with Crippen molar-refractivity contribution in [2.75, 3.05) is 0 Å². The third kappa shape index (κ3) is 8.10. The zero-order valence-electron chi connectivity index (χ0n) is 16.2. The molecule has 0 saturated heterocycles. The van der Waals surface area contributed by atoms with Gasteiger partial charge in [0.1, 0.15) is 10.1 Å². The van der Waals surface area contributed by atoms with Crippen molar-refractivity contribution in [3.05, 3.63) is 96.6 Å². The summed E-state index contributed by atoms with van der Waals surface area (Å²) in [7, 11) is -4.27. The van der Waals surface area contributed by atoms with Gasteiger partial charge in [0.2, 0.25) is 0 Å². The van der Waals surface area contributed by atoms with Crippen LogP contribution in [0.25, 0.3) is 0 Å². The summed E-state index contributed by atoms with van der Waals surface area (Å²) in [5.41, 5.74) is -0.539. The van der Waals surface area contributed by atoms with Gasteiger partial charge in [-0.05, 0) is 67.6 Å². The number of benzene rings is 3. The van der Waals surface area contributed by atoms with Gasteiger partial charge in [0.15, 0.2) is 7.14 Å². The second kappa shape index (κ2) is 10.2. The molecule has 0 heterocycles. The summed E-state index contributed by atoms with van der Waals surface area (Å²) in [5, 5.41) is 0. The minimum Gasteiger partial charge on any atom is -0.744 e. The van der Waals surface area contributed by atoms with Crippen LogP contribution in [0.3, 0.4) is 0 Å². The van der Waals surface area contributed by atoms with Crippen LogP contribution in [-0.4, -0.2) is 13.0 Å². The Labute approximate surface area is 191 Å². The summed E-state index contributed by atoms with van der Waals surface area (Å²) in [5.74, 6) is 0. The first-order valence-electron chi connectivity index (χ1n) is 8.68. The Balaban J connectivity index is 0.000000278. The number of hydrogen-bond acceptors (Lipinski definition) is 3.